The predicted molar refractivity (Wildman–Crippen MR) is 98.3 cm³/mol. The molecule has 6 heteroatoms. The highest BCUT2D eigenvalue weighted by molar-refractivity contribution is 6.33. The fourth-order valence-electron chi connectivity index (χ4n) is 2.35. The van der Waals surface area contributed by atoms with Crippen LogP contribution >= 0.6 is 11.6 Å². The third kappa shape index (κ3) is 4.29. The van der Waals surface area contributed by atoms with Gasteiger partial charge in [0.05, 0.1) is 30.1 Å². The Labute approximate surface area is 148 Å². The van der Waals surface area contributed by atoms with E-state index in [0.717, 1.165) is 36.2 Å². The number of rotatable bonds is 8. The topological polar surface area (TPSA) is 56.3 Å². The summed E-state index contributed by atoms with van der Waals surface area (Å²) < 4.78 is 11.0. The minimum Gasteiger partial charge on any atom is -0.497 e. The standard InChI is InChI=1S/C18H24ClN3O2/c1-5-6-7-10-24-18-17(20-3)22-16(12(2)21-18)14-9-8-13(23-4)11-15(14)19/h8-9,11H,5-7,10H2,1-4H3,(H,20,22). The van der Waals surface area contributed by atoms with Gasteiger partial charge in [-0.15, -0.1) is 0 Å². The first-order chi connectivity index (χ1) is 11.6. The van der Waals surface area contributed by atoms with Crippen LogP contribution in [0.2, 0.25) is 5.02 Å². The van der Waals surface area contributed by atoms with Crippen LogP contribution in [-0.2, 0) is 0 Å². The monoisotopic (exact) mass is 349 g/mol. The molecule has 0 amide bonds. The third-order valence-corrected chi connectivity index (χ3v) is 4.01. The van der Waals surface area contributed by atoms with Crippen molar-refractivity contribution in [1.29, 1.82) is 0 Å². The van der Waals surface area contributed by atoms with Crippen molar-refractivity contribution in [1.82, 2.24) is 9.97 Å². The number of nitrogens with one attached hydrogen (secondary N) is 1. The van der Waals surface area contributed by atoms with Crippen molar-refractivity contribution in [2.75, 3.05) is 26.1 Å². The second-order valence-corrected chi connectivity index (χ2v) is 5.87. The Morgan fingerprint density at radius 1 is 1.21 bits per heavy atom. The molecular weight excluding hydrogens is 326 g/mol. The van der Waals surface area contributed by atoms with Gasteiger partial charge in [-0.25, -0.2) is 9.97 Å². The number of hydrogen-bond acceptors (Lipinski definition) is 5. The maximum Gasteiger partial charge on any atom is 0.257 e. The molecule has 0 saturated heterocycles. The van der Waals surface area contributed by atoms with Gasteiger partial charge in [0.25, 0.3) is 5.88 Å². The van der Waals surface area contributed by atoms with Gasteiger partial charge in [-0.05, 0) is 31.5 Å². The van der Waals surface area contributed by atoms with Crippen LogP contribution in [-0.4, -0.2) is 30.7 Å². The molecule has 0 atom stereocenters. The van der Waals surface area contributed by atoms with E-state index in [0.29, 0.717) is 29.1 Å². The predicted octanol–water partition coefficient (Wildman–Crippen LogP) is 4.72. The Morgan fingerprint density at radius 2 is 2.00 bits per heavy atom. The van der Waals surface area contributed by atoms with Gasteiger partial charge < -0.3 is 14.8 Å². The SMILES string of the molecule is CCCCCOc1nc(C)c(-c2ccc(OC)cc2Cl)nc1NC. The fraction of sp³-hybridized carbons (Fsp3) is 0.444. The molecule has 0 aliphatic rings. The van der Waals surface area contributed by atoms with Crippen molar-refractivity contribution in [2.45, 2.75) is 33.1 Å². The van der Waals surface area contributed by atoms with Gasteiger partial charge in [0.1, 0.15) is 5.75 Å². The van der Waals surface area contributed by atoms with E-state index >= 15 is 0 Å². The van der Waals surface area contributed by atoms with Crippen molar-refractivity contribution in [2.24, 2.45) is 0 Å². The average molecular weight is 350 g/mol. The average Bonchev–Trinajstić information content (AvgIpc) is 2.59. The molecule has 0 aliphatic carbocycles. The lowest BCUT2D eigenvalue weighted by Crippen LogP contribution is -2.07. The fourth-order valence-corrected chi connectivity index (χ4v) is 2.61. The second kappa shape index (κ2) is 8.73. The van der Waals surface area contributed by atoms with E-state index in [1.807, 2.05) is 19.1 Å². The number of aryl methyl sites for hydroxylation is 1. The van der Waals surface area contributed by atoms with Gasteiger partial charge in [0.2, 0.25) is 0 Å². The van der Waals surface area contributed by atoms with Gasteiger partial charge in [-0.3, -0.25) is 0 Å². The second-order valence-electron chi connectivity index (χ2n) is 5.46. The normalized spacial score (nSPS) is 10.5. The highest BCUT2D eigenvalue weighted by Crippen LogP contribution is 2.34. The molecule has 1 N–H and O–H groups in total. The van der Waals surface area contributed by atoms with E-state index in [4.69, 9.17) is 21.1 Å². The maximum absolute atomic E-state index is 6.37. The summed E-state index contributed by atoms with van der Waals surface area (Å²) in [4.78, 5) is 9.22. The first-order valence-corrected chi connectivity index (χ1v) is 8.51. The molecule has 24 heavy (non-hydrogen) atoms. The largest absolute Gasteiger partial charge is 0.497 e. The first kappa shape index (κ1) is 18.3. The molecule has 1 heterocycles. The van der Waals surface area contributed by atoms with Crippen LogP contribution in [0.15, 0.2) is 18.2 Å². The lowest BCUT2D eigenvalue weighted by molar-refractivity contribution is 0.295. The summed E-state index contributed by atoms with van der Waals surface area (Å²) in [6.07, 6.45) is 3.30. The van der Waals surface area contributed by atoms with E-state index in [1.54, 1.807) is 20.2 Å². The van der Waals surface area contributed by atoms with Crippen LogP contribution < -0.4 is 14.8 Å². The molecule has 130 valence electrons. The van der Waals surface area contributed by atoms with E-state index < -0.39 is 0 Å². The Balaban J connectivity index is 2.32. The number of halogens is 1. The molecule has 5 nitrogen and oxygen atoms in total. The molecule has 0 bridgehead atoms. The number of benzene rings is 1. The van der Waals surface area contributed by atoms with Crippen molar-refractivity contribution in [3.05, 3.63) is 28.9 Å². The maximum atomic E-state index is 6.37. The molecule has 0 fully saturated rings. The molecule has 0 spiro atoms. The summed E-state index contributed by atoms with van der Waals surface area (Å²) in [5.74, 6) is 1.84. The van der Waals surface area contributed by atoms with Gasteiger partial charge in [0.15, 0.2) is 5.82 Å². The van der Waals surface area contributed by atoms with E-state index in [9.17, 15) is 0 Å². The van der Waals surface area contributed by atoms with Gasteiger partial charge in [-0.1, -0.05) is 31.4 Å². The van der Waals surface area contributed by atoms with Crippen molar-refractivity contribution in [3.63, 3.8) is 0 Å². The first-order valence-electron chi connectivity index (χ1n) is 8.13. The summed E-state index contributed by atoms with van der Waals surface area (Å²) in [6.45, 7) is 4.71. The molecule has 2 aromatic rings. The Kier molecular flexibility index (Phi) is 6.67. The number of hydrogen-bond donors (Lipinski definition) is 1. The lowest BCUT2D eigenvalue weighted by atomic mass is 10.1. The summed E-state index contributed by atoms with van der Waals surface area (Å²) in [5.41, 5.74) is 2.32. The van der Waals surface area contributed by atoms with Crippen LogP contribution in [0.4, 0.5) is 5.82 Å². The van der Waals surface area contributed by atoms with E-state index in [2.05, 4.69) is 22.2 Å². The third-order valence-electron chi connectivity index (χ3n) is 3.69. The van der Waals surface area contributed by atoms with Gasteiger partial charge in [-0.2, -0.15) is 0 Å². The molecule has 0 saturated carbocycles. The minimum atomic E-state index is 0.527. The van der Waals surface area contributed by atoms with Crippen LogP contribution in [0.3, 0.4) is 0 Å². The molecule has 1 aromatic carbocycles. The zero-order valence-electron chi connectivity index (χ0n) is 14.6. The Morgan fingerprint density at radius 3 is 2.62 bits per heavy atom. The van der Waals surface area contributed by atoms with Gasteiger partial charge in [0, 0.05) is 12.6 Å². The highest BCUT2D eigenvalue weighted by Gasteiger charge is 2.15. The zero-order chi connectivity index (χ0) is 17.5. The quantitative estimate of drug-likeness (QED) is 0.698. The molecule has 1 aromatic heterocycles. The number of methoxy groups -OCH3 is 1. The number of ether oxygens (including phenoxy) is 2. The number of anilines is 1. The van der Waals surface area contributed by atoms with Crippen molar-refractivity contribution < 1.29 is 9.47 Å². The summed E-state index contributed by atoms with van der Waals surface area (Å²) in [6, 6.07) is 5.52. The molecule has 0 aliphatic heterocycles. The summed E-state index contributed by atoms with van der Waals surface area (Å²) in [7, 11) is 3.41. The van der Waals surface area contributed by atoms with Crippen LogP contribution in [0.25, 0.3) is 11.3 Å². The Hall–Kier alpha value is -2.01. The van der Waals surface area contributed by atoms with Crippen molar-refractivity contribution >= 4 is 17.4 Å². The minimum absolute atomic E-state index is 0.527. The van der Waals surface area contributed by atoms with Crippen LogP contribution in [0.5, 0.6) is 11.6 Å². The highest BCUT2D eigenvalue weighted by atomic mass is 35.5. The van der Waals surface area contributed by atoms with E-state index in [-0.39, 0.29) is 0 Å². The van der Waals surface area contributed by atoms with Crippen LogP contribution in [0, 0.1) is 6.92 Å². The van der Waals surface area contributed by atoms with Gasteiger partial charge >= 0.3 is 0 Å². The van der Waals surface area contributed by atoms with Crippen LogP contribution in [0.1, 0.15) is 31.9 Å². The van der Waals surface area contributed by atoms with E-state index in [1.165, 1.54) is 0 Å². The number of aromatic nitrogens is 2. The summed E-state index contributed by atoms with van der Waals surface area (Å²) >= 11 is 6.37. The number of nitrogens with zero attached hydrogens (tertiary/aromatic N) is 2. The lowest BCUT2D eigenvalue weighted by Gasteiger charge is -2.14. The molecule has 0 radical (unpaired) electrons. The Bertz CT molecular complexity index is 692. The molecule has 2 rings (SSSR count). The molecule has 0 unspecified atom stereocenters. The number of unbranched alkanes of at least 4 members (excludes halogenated alkanes) is 2. The summed E-state index contributed by atoms with van der Waals surface area (Å²) in [5, 5.41) is 3.62. The van der Waals surface area contributed by atoms with Crippen molar-refractivity contribution in [3.8, 4) is 22.9 Å². The molecular formula is C18H24ClN3O2. The smallest absolute Gasteiger partial charge is 0.257 e. The zero-order valence-corrected chi connectivity index (χ0v) is 15.4.